The van der Waals surface area contributed by atoms with Crippen molar-refractivity contribution in [3.8, 4) is 0 Å². The molecule has 810 valence electrons. The molecule has 0 N–H and O–H groups in total. The van der Waals surface area contributed by atoms with Crippen LogP contribution in [-0.2, 0) is 0 Å². The molecular weight excluding hydrogens is 1740 g/mol. The fraction of sp³-hybridized carbons (Fsp3) is 0.628. The molecule has 145 heavy (non-hydrogen) atoms. The third kappa shape index (κ3) is 50.2. The van der Waals surface area contributed by atoms with Gasteiger partial charge in [0.15, 0.2) is 0 Å². The summed E-state index contributed by atoms with van der Waals surface area (Å²) in [5.74, 6) is 16.6. The van der Waals surface area contributed by atoms with Crippen LogP contribution in [0.5, 0.6) is 0 Å². The highest BCUT2D eigenvalue weighted by atomic mass is 14.4. The summed E-state index contributed by atoms with van der Waals surface area (Å²) in [6.07, 6.45) is 90.7. The summed E-state index contributed by atoms with van der Waals surface area (Å²) in [5, 5.41) is 0. The van der Waals surface area contributed by atoms with E-state index in [1.807, 2.05) is 0 Å². The van der Waals surface area contributed by atoms with E-state index in [9.17, 15) is 0 Å². The molecule has 1 fully saturated rings. The van der Waals surface area contributed by atoms with Crippen LogP contribution in [0.2, 0.25) is 0 Å². The normalized spacial score (nSPS) is 26.6. The third-order valence-electron chi connectivity index (χ3n) is 35.1. The van der Waals surface area contributed by atoms with Crippen LogP contribution in [0.4, 0.5) is 0 Å². The van der Waals surface area contributed by atoms with Crippen LogP contribution < -0.4 is 0 Å². The van der Waals surface area contributed by atoms with Gasteiger partial charge in [0, 0.05) is 11.8 Å². The molecule has 0 nitrogen and oxygen atoms in total. The molecule has 0 heteroatoms. The largest absolute Gasteiger partial charge is 0.0998 e. The van der Waals surface area contributed by atoms with E-state index in [1.54, 1.807) is 83.6 Å². The average Bonchev–Trinajstić information content (AvgIpc) is 0.801. The summed E-state index contributed by atoms with van der Waals surface area (Å²) in [7, 11) is 0. The Morgan fingerprint density at radius 1 is 0.317 bits per heavy atom. The highest BCUT2D eigenvalue weighted by Crippen LogP contribution is 2.50. The summed E-state index contributed by atoms with van der Waals surface area (Å²) in [4.78, 5) is 0. The first-order chi connectivity index (χ1) is 68.3. The fourth-order valence-electron chi connectivity index (χ4n) is 23.7. The van der Waals surface area contributed by atoms with Gasteiger partial charge in [0.05, 0.1) is 0 Å². The second-order valence-electron chi connectivity index (χ2n) is 50.9. The highest BCUT2D eigenvalue weighted by molar-refractivity contribution is 5.33. The van der Waals surface area contributed by atoms with Crippen LogP contribution in [0.15, 0.2) is 319 Å². The van der Waals surface area contributed by atoms with Crippen LogP contribution in [0.3, 0.4) is 0 Å². The molecule has 0 aromatic heterocycles. The maximum atomic E-state index is 4.29. The molecule has 0 bridgehead atoms. The number of fused-ring (bicyclic) bond motifs is 3. The Kier molecular flexibility index (Phi) is 61.7. The van der Waals surface area contributed by atoms with Crippen LogP contribution in [0.1, 0.15) is 467 Å². The number of allylic oxidation sites excluding steroid dienone is 46. The van der Waals surface area contributed by atoms with E-state index < -0.39 is 0 Å². The lowest BCUT2D eigenvalue weighted by Crippen LogP contribution is -2.33. The quantitative estimate of drug-likeness (QED) is 0.171. The Labute approximate surface area is 903 Å². The van der Waals surface area contributed by atoms with Crippen LogP contribution in [0.25, 0.3) is 0 Å². The Bertz CT molecular complexity index is 4690. The van der Waals surface area contributed by atoms with Gasteiger partial charge in [0.2, 0.25) is 0 Å². The molecule has 16 aliphatic rings. The minimum Gasteiger partial charge on any atom is -0.0998 e. The van der Waals surface area contributed by atoms with Gasteiger partial charge in [-0.2, -0.15) is 0 Å². The Morgan fingerprint density at radius 2 is 0.834 bits per heavy atom. The summed E-state index contributed by atoms with van der Waals surface area (Å²) in [5.41, 5.74) is 41.0. The molecule has 16 aliphatic carbocycles. The average molecular weight is 1970 g/mol. The van der Waals surface area contributed by atoms with Gasteiger partial charge in [0.25, 0.3) is 0 Å². The number of rotatable bonds is 12. The highest BCUT2D eigenvalue weighted by Gasteiger charge is 2.39. The standard InChI is InChI=1S/3C15H24.6C10H16.C10H14.3C10H16/c3*1-10(2)13-8-6-12(4)14-7-5-11(3)9-15(13)14;7*1-8(2)10-6-4-9(3)5-7-10;3*1-8(2)10-6-4-5-9(3)7-10/h9-10,13,15H,5-8H2,1-4H3;6,9-10,13-15H,5,7-8H2,1-4H3;9-10,13-15H,4-8H2,1-3H3;4H,5-7H2,1-3H3;4,7-8H,5-6H2,1-3H3;4,6,8H,5,7H2,1-3H3;6,8H,3-5,7H2,1-2H3;4,6,8,10H,3,5,7H2,1-2H3;4,10H,1,5-7H2,2-3H3;4-6,10H,1,7H2,2-3H3;7,10H,1,4-6H2,2-3H3;2*5,10H,1,4,6-7H2,2-3H3/t13-,15-;2*13-,14-,15-;;;;;;10-;;;;/m000.....0..../s1. The lowest BCUT2D eigenvalue weighted by Gasteiger charge is -2.43. The van der Waals surface area contributed by atoms with E-state index >= 15 is 0 Å². The molecule has 0 spiro atoms. The topological polar surface area (TPSA) is 0 Å². The van der Waals surface area contributed by atoms with E-state index in [0.717, 1.165) is 125 Å². The SMILES string of the molecule is C=C(C)C1C=C(C)CCC1.C=C(C)C1C=CC(C)=CC1.C=C(C)C1CCC=C(C)C1.C=C(C)C1CCC=C(C)C1.C=C(C)[C@H]1CC=C(C)CC1.C=C1C=CC(C(C)C)CC1.C=C1CC=C(C(C)C)CC1.C=C1CC[C@@H](C(C)C)[C@@H]2C=C(C)CC[C@@H]12.CC1=CC=C(C(C)C)CC1.CC1=CCC(=C(C)C)CC1.CC1=CCC(C(C)C)=CC1.CC1=C[C@@H]2C(=C(C)CC[C@H]2C(C)C)CC1.CC1=C[C@@H]2[C@@H](CC1)C(C)=CC[C@H]2C(C)C. The molecule has 16 rings (SSSR count). The van der Waals surface area contributed by atoms with Gasteiger partial charge in [0.1, 0.15) is 0 Å². The van der Waals surface area contributed by atoms with Crippen molar-refractivity contribution in [2.45, 2.75) is 467 Å². The van der Waals surface area contributed by atoms with Gasteiger partial charge in [-0.1, -0.05) is 415 Å². The number of hydrogen-bond acceptors (Lipinski definition) is 0. The molecule has 0 aromatic carbocycles. The van der Waals surface area contributed by atoms with E-state index in [1.165, 1.54) is 285 Å². The summed E-state index contributed by atoms with van der Waals surface area (Å²) in [6.45, 7) is 109. The fourth-order valence-corrected chi connectivity index (χ4v) is 23.7. The molecule has 0 heterocycles. The minimum atomic E-state index is 0.587. The van der Waals surface area contributed by atoms with Crippen molar-refractivity contribution in [3.05, 3.63) is 319 Å². The lowest BCUT2D eigenvalue weighted by molar-refractivity contribution is 0.179. The zero-order valence-electron chi connectivity index (χ0n) is 102. The van der Waals surface area contributed by atoms with E-state index in [2.05, 4.69) is 403 Å². The van der Waals surface area contributed by atoms with E-state index in [-0.39, 0.29) is 0 Å². The second kappa shape index (κ2) is 68.7. The zero-order chi connectivity index (χ0) is 109. The van der Waals surface area contributed by atoms with Crippen molar-refractivity contribution in [2.24, 2.45) is 124 Å². The first kappa shape index (κ1) is 130. The van der Waals surface area contributed by atoms with Crippen LogP contribution >= 0.6 is 0 Å². The molecule has 0 radical (unpaired) electrons. The first-order valence-corrected chi connectivity index (χ1v) is 59.3. The molecule has 0 amide bonds. The molecule has 0 aliphatic heterocycles. The lowest BCUT2D eigenvalue weighted by atomic mass is 9.62. The van der Waals surface area contributed by atoms with Crippen molar-refractivity contribution in [3.63, 3.8) is 0 Å². The van der Waals surface area contributed by atoms with Crippen LogP contribution in [0, 0.1) is 124 Å². The summed E-state index contributed by atoms with van der Waals surface area (Å²) in [6, 6.07) is 0. The zero-order valence-corrected chi connectivity index (χ0v) is 102. The Balaban J connectivity index is 0.000000329. The smallest absolute Gasteiger partial charge is 0.00128 e. The van der Waals surface area contributed by atoms with Crippen molar-refractivity contribution >= 4 is 0 Å². The van der Waals surface area contributed by atoms with Gasteiger partial charge in [-0.3, -0.25) is 0 Å². The maximum Gasteiger partial charge on any atom is 0.00128 e. The summed E-state index contributed by atoms with van der Waals surface area (Å²) < 4.78 is 0. The molecule has 0 aromatic rings. The van der Waals surface area contributed by atoms with Crippen molar-refractivity contribution in [2.75, 3.05) is 0 Å². The predicted octanol–water partition coefficient (Wildman–Crippen LogP) is 46.8. The predicted molar refractivity (Wildman–Crippen MR) is 659 cm³/mol. The first-order valence-electron chi connectivity index (χ1n) is 59.3. The molecular formula is C145H230. The van der Waals surface area contributed by atoms with Gasteiger partial charge in [-0.25, -0.2) is 0 Å². The van der Waals surface area contributed by atoms with Crippen molar-refractivity contribution in [1.29, 1.82) is 0 Å². The Hall–Kier alpha value is -7.02. The van der Waals surface area contributed by atoms with Crippen LogP contribution in [-0.4, -0.2) is 0 Å². The second-order valence-corrected chi connectivity index (χ2v) is 50.9. The maximum absolute atomic E-state index is 4.29. The van der Waals surface area contributed by atoms with Crippen molar-refractivity contribution in [1.82, 2.24) is 0 Å². The van der Waals surface area contributed by atoms with E-state index in [0.29, 0.717) is 11.8 Å². The van der Waals surface area contributed by atoms with Gasteiger partial charge in [-0.15, -0.1) is 0 Å². The van der Waals surface area contributed by atoms with Crippen molar-refractivity contribution < 1.29 is 0 Å². The van der Waals surface area contributed by atoms with E-state index in [4.69, 9.17) is 0 Å². The molecule has 1 saturated carbocycles. The molecule has 0 saturated heterocycles. The number of hydrogen-bond donors (Lipinski definition) is 0. The summed E-state index contributed by atoms with van der Waals surface area (Å²) >= 11 is 0. The Morgan fingerprint density at radius 3 is 1.27 bits per heavy atom. The molecule has 14 atom stereocenters. The minimum absolute atomic E-state index is 0.587. The monoisotopic (exact) mass is 1970 g/mol. The molecule has 5 unspecified atom stereocenters. The van der Waals surface area contributed by atoms with Gasteiger partial charge < -0.3 is 0 Å². The van der Waals surface area contributed by atoms with Gasteiger partial charge in [-0.05, 0) is 482 Å². The van der Waals surface area contributed by atoms with Gasteiger partial charge >= 0.3 is 0 Å². The third-order valence-corrected chi connectivity index (χ3v) is 35.1.